The van der Waals surface area contributed by atoms with Crippen molar-refractivity contribution in [1.82, 2.24) is 9.97 Å². The second-order valence-electron chi connectivity index (χ2n) is 5.11. The number of carbonyl (C=O) groups excluding carboxylic acids is 2. The van der Waals surface area contributed by atoms with Crippen LogP contribution in [0.5, 0.6) is 0 Å². The summed E-state index contributed by atoms with van der Waals surface area (Å²) in [4.78, 5) is 31.5. The zero-order valence-electron chi connectivity index (χ0n) is 13.0. The summed E-state index contributed by atoms with van der Waals surface area (Å²) in [6.07, 6.45) is 2.75. The van der Waals surface area contributed by atoms with E-state index in [1.54, 1.807) is 13.0 Å². The molecule has 0 unspecified atom stereocenters. The Hall–Kier alpha value is -2.47. The molecule has 0 fully saturated rings. The quantitative estimate of drug-likeness (QED) is 0.870. The number of rotatable bonds is 4. The molecule has 6 nitrogen and oxygen atoms in total. The lowest BCUT2D eigenvalue weighted by atomic mass is 10.1. The first-order valence-electron chi connectivity index (χ1n) is 6.89. The number of carbonyl (C=O) groups is 2. The minimum atomic E-state index is -0.709. The van der Waals surface area contributed by atoms with Crippen molar-refractivity contribution in [3.63, 3.8) is 0 Å². The number of aryl methyl sites for hydroxylation is 3. The fourth-order valence-corrected chi connectivity index (χ4v) is 2.32. The summed E-state index contributed by atoms with van der Waals surface area (Å²) < 4.78 is 4.91. The minimum absolute atomic E-state index is 0.0490. The molecule has 23 heavy (non-hydrogen) atoms. The number of ether oxygens (including phenoxy) is 1. The van der Waals surface area contributed by atoms with Crippen molar-refractivity contribution in [1.29, 1.82) is 0 Å². The molecule has 0 radical (unpaired) electrons. The molecular formula is C16H16ClN3O3. The standard InChI is InChI=1S/C16H16ClN3O3/c1-9-4-10(2)15(12(17)5-9)20-14(21)8-23-16(22)13-7-18-11(3)6-19-13/h4-7H,8H2,1-3H3,(H,20,21). The lowest BCUT2D eigenvalue weighted by Crippen LogP contribution is -2.22. The summed E-state index contributed by atoms with van der Waals surface area (Å²) in [7, 11) is 0. The van der Waals surface area contributed by atoms with Crippen LogP contribution in [-0.2, 0) is 9.53 Å². The van der Waals surface area contributed by atoms with Gasteiger partial charge in [0, 0.05) is 6.20 Å². The number of hydrogen-bond acceptors (Lipinski definition) is 5. The molecule has 0 saturated carbocycles. The average Bonchev–Trinajstić information content (AvgIpc) is 2.49. The summed E-state index contributed by atoms with van der Waals surface area (Å²) >= 11 is 6.11. The van der Waals surface area contributed by atoms with Crippen LogP contribution in [0.15, 0.2) is 24.5 Å². The van der Waals surface area contributed by atoms with Crippen LogP contribution in [0, 0.1) is 20.8 Å². The summed E-state index contributed by atoms with van der Waals surface area (Å²) in [5.41, 5.74) is 3.07. The van der Waals surface area contributed by atoms with E-state index in [9.17, 15) is 9.59 Å². The van der Waals surface area contributed by atoms with Gasteiger partial charge in [-0.3, -0.25) is 9.78 Å². The number of halogens is 1. The van der Waals surface area contributed by atoms with Crippen LogP contribution < -0.4 is 5.32 Å². The highest BCUT2D eigenvalue weighted by Gasteiger charge is 2.14. The van der Waals surface area contributed by atoms with Gasteiger partial charge in [0.1, 0.15) is 0 Å². The molecule has 0 aliphatic rings. The Morgan fingerprint density at radius 1 is 1.17 bits per heavy atom. The molecule has 0 aliphatic heterocycles. The summed E-state index contributed by atoms with van der Waals surface area (Å²) in [5.74, 6) is -1.19. The van der Waals surface area contributed by atoms with Crippen LogP contribution in [0.3, 0.4) is 0 Å². The Labute approximate surface area is 138 Å². The van der Waals surface area contributed by atoms with Crippen molar-refractivity contribution in [2.24, 2.45) is 0 Å². The van der Waals surface area contributed by atoms with Crippen LogP contribution in [0.1, 0.15) is 27.3 Å². The van der Waals surface area contributed by atoms with E-state index in [1.165, 1.54) is 12.4 Å². The van der Waals surface area contributed by atoms with Crippen molar-refractivity contribution in [2.75, 3.05) is 11.9 Å². The van der Waals surface area contributed by atoms with Gasteiger partial charge in [0.05, 0.1) is 22.6 Å². The van der Waals surface area contributed by atoms with Crippen LogP contribution in [-0.4, -0.2) is 28.5 Å². The molecule has 0 aliphatic carbocycles. The Kier molecular flexibility index (Phi) is 5.28. The highest BCUT2D eigenvalue weighted by Crippen LogP contribution is 2.27. The van der Waals surface area contributed by atoms with E-state index < -0.39 is 18.5 Å². The van der Waals surface area contributed by atoms with Crippen molar-refractivity contribution < 1.29 is 14.3 Å². The molecule has 0 spiro atoms. The number of aromatic nitrogens is 2. The van der Waals surface area contributed by atoms with Gasteiger partial charge in [-0.1, -0.05) is 17.7 Å². The molecule has 2 rings (SSSR count). The van der Waals surface area contributed by atoms with Crippen LogP contribution in [0.2, 0.25) is 5.02 Å². The van der Waals surface area contributed by atoms with Gasteiger partial charge in [0.15, 0.2) is 12.3 Å². The van der Waals surface area contributed by atoms with Gasteiger partial charge in [0.25, 0.3) is 5.91 Å². The highest BCUT2D eigenvalue weighted by atomic mass is 35.5. The Morgan fingerprint density at radius 2 is 1.91 bits per heavy atom. The first-order valence-corrected chi connectivity index (χ1v) is 7.27. The predicted octanol–water partition coefficient (Wildman–Crippen LogP) is 2.85. The average molecular weight is 334 g/mol. The zero-order valence-corrected chi connectivity index (χ0v) is 13.8. The number of esters is 1. The third kappa shape index (κ3) is 4.50. The van der Waals surface area contributed by atoms with Crippen molar-refractivity contribution >= 4 is 29.2 Å². The third-order valence-electron chi connectivity index (χ3n) is 3.02. The molecule has 1 N–H and O–H groups in total. The molecule has 0 saturated heterocycles. The van der Waals surface area contributed by atoms with Crippen LogP contribution in [0.4, 0.5) is 5.69 Å². The number of hydrogen-bond donors (Lipinski definition) is 1. The maximum absolute atomic E-state index is 11.9. The number of anilines is 1. The van der Waals surface area contributed by atoms with Gasteiger partial charge in [-0.15, -0.1) is 0 Å². The van der Waals surface area contributed by atoms with Gasteiger partial charge < -0.3 is 10.1 Å². The molecule has 7 heteroatoms. The third-order valence-corrected chi connectivity index (χ3v) is 3.32. The Bertz CT molecular complexity index is 722. The van der Waals surface area contributed by atoms with Crippen molar-refractivity contribution in [3.8, 4) is 0 Å². The van der Waals surface area contributed by atoms with Gasteiger partial charge >= 0.3 is 5.97 Å². The normalized spacial score (nSPS) is 10.3. The fraction of sp³-hybridized carbons (Fsp3) is 0.250. The maximum Gasteiger partial charge on any atom is 0.359 e. The number of nitrogens with zero attached hydrogens (tertiary/aromatic N) is 2. The number of nitrogens with one attached hydrogen (secondary N) is 1. The Balaban J connectivity index is 1.95. The maximum atomic E-state index is 11.9. The summed E-state index contributed by atoms with van der Waals surface area (Å²) in [5, 5.41) is 3.07. The minimum Gasteiger partial charge on any atom is -0.451 e. The van der Waals surface area contributed by atoms with E-state index in [0.29, 0.717) is 16.4 Å². The molecular weight excluding hydrogens is 318 g/mol. The van der Waals surface area contributed by atoms with E-state index in [2.05, 4.69) is 15.3 Å². The van der Waals surface area contributed by atoms with E-state index >= 15 is 0 Å². The molecule has 1 aromatic heterocycles. The van der Waals surface area contributed by atoms with Crippen LogP contribution >= 0.6 is 11.6 Å². The highest BCUT2D eigenvalue weighted by molar-refractivity contribution is 6.34. The van der Waals surface area contributed by atoms with Crippen LogP contribution in [0.25, 0.3) is 0 Å². The SMILES string of the molecule is Cc1cc(C)c(NC(=O)COC(=O)c2cnc(C)cn2)c(Cl)c1. The topological polar surface area (TPSA) is 81.2 Å². The van der Waals surface area contributed by atoms with Gasteiger partial charge in [-0.25, -0.2) is 9.78 Å². The summed E-state index contributed by atoms with van der Waals surface area (Å²) in [6.45, 7) is 5.07. The molecule has 1 heterocycles. The van der Waals surface area contributed by atoms with E-state index in [0.717, 1.165) is 11.1 Å². The lowest BCUT2D eigenvalue weighted by molar-refractivity contribution is -0.119. The first-order chi connectivity index (χ1) is 10.9. The largest absolute Gasteiger partial charge is 0.451 e. The van der Waals surface area contributed by atoms with Crippen molar-refractivity contribution in [2.45, 2.75) is 20.8 Å². The van der Waals surface area contributed by atoms with Crippen molar-refractivity contribution in [3.05, 3.63) is 52.1 Å². The predicted molar refractivity (Wildman–Crippen MR) is 86.6 cm³/mol. The number of amides is 1. The fourth-order valence-electron chi connectivity index (χ4n) is 1.95. The Morgan fingerprint density at radius 3 is 2.52 bits per heavy atom. The summed E-state index contributed by atoms with van der Waals surface area (Å²) in [6, 6.07) is 3.65. The van der Waals surface area contributed by atoms with E-state index in [1.807, 2.05) is 19.9 Å². The molecule has 0 atom stereocenters. The molecule has 120 valence electrons. The van der Waals surface area contributed by atoms with Gasteiger partial charge in [-0.2, -0.15) is 0 Å². The molecule has 1 amide bonds. The van der Waals surface area contributed by atoms with E-state index in [-0.39, 0.29) is 5.69 Å². The number of benzene rings is 1. The first kappa shape index (κ1) is 16.9. The zero-order chi connectivity index (χ0) is 17.0. The smallest absolute Gasteiger partial charge is 0.359 e. The molecule has 2 aromatic rings. The van der Waals surface area contributed by atoms with Gasteiger partial charge in [0.2, 0.25) is 0 Å². The second-order valence-corrected chi connectivity index (χ2v) is 5.51. The molecule has 1 aromatic carbocycles. The second kappa shape index (κ2) is 7.19. The van der Waals surface area contributed by atoms with E-state index in [4.69, 9.17) is 16.3 Å². The monoisotopic (exact) mass is 333 g/mol. The lowest BCUT2D eigenvalue weighted by Gasteiger charge is -2.11. The molecule has 0 bridgehead atoms. The van der Waals surface area contributed by atoms with Gasteiger partial charge in [-0.05, 0) is 38.0 Å².